The molecule has 0 saturated carbocycles. The molecule has 22 heavy (non-hydrogen) atoms. The summed E-state index contributed by atoms with van der Waals surface area (Å²) >= 11 is 0. The summed E-state index contributed by atoms with van der Waals surface area (Å²) in [6.45, 7) is 4.90. The number of carbonyl (C=O) groups is 2. The minimum Gasteiger partial charge on any atom is -0.361 e. The lowest BCUT2D eigenvalue weighted by molar-refractivity contribution is -0.205. The van der Waals surface area contributed by atoms with Gasteiger partial charge >= 0.3 is 0 Å². The van der Waals surface area contributed by atoms with Crippen molar-refractivity contribution in [2.45, 2.75) is 18.8 Å². The molecule has 1 aliphatic carbocycles. The fourth-order valence-corrected chi connectivity index (χ4v) is 2.29. The molecule has 114 valence electrons. The molecular weight excluding hydrogens is 280 g/mol. The zero-order valence-electron chi connectivity index (χ0n) is 12.3. The summed E-state index contributed by atoms with van der Waals surface area (Å²) in [5.41, 5.74) is 0.470. The summed E-state index contributed by atoms with van der Waals surface area (Å²) in [6.07, 6.45) is 6.43. The van der Waals surface area contributed by atoms with E-state index in [1.807, 2.05) is 0 Å². The minimum atomic E-state index is -1.86. The first-order valence-electron chi connectivity index (χ1n) is 6.99. The number of ether oxygens (including phenoxy) is 1. The highest BCUT2D eigenvalue weighted by Crippen LogP contribution is 2.30. The second-order valence-electron chi connectivity index (χ2n) is 5.07. The molecule has 3 unspecified atom stereocenters. The first-order valence-corrected chi connectivity index (χ1v) is 6.99. The largest absolute Gasteiger partial charge is 0.361 e. The summed E-state index contributed by atoms with van der Waals surface area (Å²) in [5.74, 6) is -3.41. The smallest absolute Gasteiger partial charge is 0.200 e. The van der Waals surface area contributed by atoms with Crippen molar-refractivity contribution < 1.29 is 19.4 Å². The Morgan fingerprint density at radius 2 is 2.00 bits per heavy atom. The predicted octanol–water partition coefficient (Wildman–Crippen LogP) is 2.46. The summed E-state index contributed by atoms with van der Waals surface area (Å²) in [6, 6.07) is 8.65. The molecule has 0 bridgehead atoms. The van der Waals surface area contributed by atoms with Crippen molar-refractivity contribution in [1.29, 1.82) is 0 Å². The minimum absolute atomic E-state index is 0.276. The molecule has 2 rings (SSSR count). The molecule has 0 saturated heterocycles. The highest BCUT2D eigenvalue weighted by molar-refractivity contribution is 6.00. The Morgan fingerprint density at radius 1 is 1.32 bits per heavy atom. The van der Waals surface area contributed by atoms with Gasteiger partial charge in [-0.1, -0.05) is 55.1 Å². The maximum Gasteiger partial charge on any atom is 0.200 e. The van der Waals surface area contributed by atoms with Gasteiger partial charge in [0.05, 0.1) is 5.92 Å². The molecule has 1 aromatic rings. The lowest BCUT2D eigenvalue weighted by Crippen LogP contribution is -2.46. The van der Waals surface area contributed by atoms with E-state index in [0.717, 1.165) is 6.08 Å². The number of benzene rings is 1. The first kappa shape index (κ1) is 16.1. The number of allylic oxidation sites excluding steroid dienone is 2. The van der Waals surface area contributed by atoms with Crippen molar-refractivity contribution >= 4 is 11.6 Å². The van der Waals surface area contributed by atoms with Crippen LogP contribution in [0.1, 0.15) is 17.3 Å². The number of hydrogen-bond donors (Lipinski definition) is 1. The Hall–Kier alpha value is -2.30. The SMILES string of the molecule is C=CC(=O)C(C)OC1(O)C=CC=CC1C(=O)c1ccccc1. The number of ketones is 2. The average Bonchev–Trinajstić information content (AvgIpc) is 2.54. The van der Waals surface area contributed by atoms with Crippen LogP contribution >= 0.6 is 0 Å². The van der Waals surface area contributed by atoms with Crippen molar-refractivity contribution in [3.05, 3.63) is 72.9 Å². The number of carbonyl (C=O) groups excluding carboxylic acids is 2. The quantitative estimate of drug-likeness (QED) is 0.498. The van der Waals surface area contributed by atoms with E-state index in [1.165, 1.54) is 13.0 Å². The van der Waals surface area contributed by atoms with Gasteiger partial charge in [-0.2, -0.15) is 0 Å². The van der Waals surface area contributed by atoms with E-state index < -0.39 is 17.8 Å². The topological polar surface area (TPSA) is 63.6 Å². The lowest BCUT2D eigenvalue weighted by atomic mass is 9.86. The van der Waals surface area contributed by atoms with Gasteiger partial charge in [0.2, 0.25) is 0 Å². The van der Waals surface area contributed by atoms with Gasteiger partial charge in [0.1, 0.15) is 6.10 Å². The van der Waals surface area contributed by atoms with Gasteiger partial charge < -0.3 is 9.84 Å². The Morgan fingerprint density at radius 3 is 2.64 bits per heavy atom. The van der Waals surface area contributed by atoms with E-state index in [2.05, 4.69) is 6.58 Å². The molecule has 0 amide bonds. The Labute approximate surface area is 129 Å². The normalized spacial score (nSPS) is 24.7. The van der Waals surface area contributed by atoms with E-state index >= 15 is 0 Å². The van der Waals surface area contributed by atoms with Gasteiger partial charge in [-0.15, -0.1) is 0 Å². The van der Waals surface area contributed by atoms with Crippen molar-refractivity contribution in [2.24, 2.45) is 5.92 Å². The van der Waals surface area contributed by atoms with E-state index in [9.17, 15) is 14.7 Å². The monoisotopic (exact) mass is 298 g/mol. The molecule has 0 aliphatic heterocycles. The fraction of sp³-hybridized carbons (Fsp3) is 0.222. The highest BCUT2D eigenvalue weighted by atomic mass is 16.6. The summed E-state index contributed by atoms with van der Waals surface area (Å²) in [5, 5.41) is 10.7. The van der Waals surface area contributed by atoms with Crippen LogP contribution in [0.25, 0.3) is 0 Å². The number of rotatable bonds is 6. The van der Waals surface area contributed by atoms with Crippen LogP contribution in [0.2, 0.25) is 0 Å². The zero-order chi connectivity index (χ0) is 16.2. The maximum absolute atomic E-state index is 12.6. The van der Waals surface area contributed by atoms with Gasteiger partial charge in [-0.25, -0.2) is 0 Å². The van der Waals surface area contributed by atoms with E-state index in [0.29, 0.717) is 5.56 Å². The van der Waals surface area contributed by atoms with Crippen LogP contribution in [0.4, 0.5) is 0 Å². The molecule has 0 aromatic heterocycles. The Balaban J connectivity index is 2.27. The molecule has 1 aromatic carbocycles. The summed E-state index contributed by atoms with van der Waals surface area (Å²) in [7, 11) is 0. The second-order valence-corrected chi connectivity index (χ2v) is 5.07. The van der Waals surface area contributed by atoms with Crippen molar-refractivity contribution in [3.8, 4) is 0 Å². The predicted molar refractivity (Wildman–Crippen MR) is 83.2 cm³/mol. The summed E-state index contributed by atoms with van der Waals surface area (Å²) < 4.78 is 5.46. The van der Waals surface area contributed by atoms with Gasteiger partial charge in [-0.3, -0.25) is 9.59 Å². The third-order valence-electron chi connectivity index (χ3n) is 3.50. The van der Waals surface area contributed by atoms with Crippen molar-refractivity contribution in [1.82, 2.24) is 0 Å². The van der Waals surface area contributed by atoms with Crippen LogP contribution in [-0.2, 0) is 9.53 Å². The molecular formula is C18H18O4. The molecule has 1 N–H and O–H groups in total. The van der Waals surface area contributed by atoms with Gasteiger partial charge in [0.15, 0.2) is 17.4 Å². The molecule has 3 atom stereocenters. The molecule has 4 nitrogen and oxygen atoms in total. The number of hydrogen-bond acceptors (Lipinski definition) is 4. The van der Waals surface area contributed by atoms with Crippen molar-refractivity contribution in [2.75, 3.05) is 0 Å². The maximum atomic E-state index is 12.6. The van der Waals surface area contributed by atoms with Crippen LogP contribution in [0.5, 0.6) is 0 Å². The highest BCUT2D eigenvalue weighted by Gasteiger charge is 2.42. The van der Waals surface area contributed by atoms with Gasteiger partial charge in [0, 0.05) is 5.56 Å². The fourth-order valence-electron chi connectivity index (χ4n) is 2.29. The molecule has 4 heteroatoms. The van der Waals surface area contributed by atoms with Gasteiger partial charge in [-0.05, 0) is 19.1 Å². The van der Waals surface area contributed by atoms with Crippen LogP contribution < -0.4 is 0 Å². The van der Waals surface area contributed by atoms with Crippen LogP contribution in [0.3, 0.4) is 0 Å². The molecule has 0 spiro atoms. The summed E-state index contributed by atoms with van der Waals surface area (Å²) in [4.78, 5) is 24.2. The van der Waals surface area contributed by atoms with Crippen LogP contribution in [0.15, 0.2) is 67.3 Å². The third kappa shape index (κ3) is 3.30. The lowest BCUT2D eigenvalue weighted by Gasteiger charge is -2.34. The molecule has 1 aliphatic rings. The molecule has 0 heterocycles. The van der Waals surface area contributed by atoms with Crippen molar-refractivity contribution in [3.63, 3.8) is 0 Å². The third-order valence-corrected chi connectivity index (χ3v) is 3.50. The zero-order valence-corrected chi connectivity index (χ0v) is 12.3. The number of Topliss-reactive ketones (excluding diaryl/α,β-unsaturated/α-hetero) is 1. The molecule has 0 radical (unpaired) electrons. The first-order chi connectivity index (χ1) is 10.5. The Kier molecular flexibility index (Phi) is 4.85. The van der Waals surface area contributed by atoms with Crippen LogP contribution in [-0.4, -0.2) is 28.6 Å². The molecule has 0 fully saturated rings. The number of aliphatic hydroxyl groups is 1. The average molecular weight is 298 g/mol. The van der Waals surface area contributed by atoms with E-state index in [4.69, 9.17) is 4.74 Å². The van der Waals surface area contributed by atoms with E-state index in [-0.39, 0.29) is 11.6 Å². The second kappa shape index (κ2) is 6.64. The van der Waals surface area contributed by atoms with Gasteiger partial charge in [0.25, 0.3) is 0 Å². The standard InChI is InChI=1S/C18H18O4/c1-3-16(19)13(2)22-18(21)12-8-7-11-15(18)17(20)14-9-5-4-6-10-14/h3-13,15,21H,1H2,2H3. The van der Waals surface area contributed by atoms with Crippen LogP contribution in [0, 0.1) is 5.92 Å². The van der Waals surface area contributed by atoms with E-state index in [1.54, 1.807) is 48.6 Å². The Bertz CT molecular complexity index is 630.